The van der Waals surface area contributed by atoms with Crippen LogP contribution in [0.1, 0.15) is 88.0 Å². The molecule has 5 heterocycles. The Morgan fingerprint density at radius 1 is 0.908 bits per heavy atom. The smallest absolute Gasteiger partial charge is 0.262 e. The van der Waals surface area contributed by atoms with Gasteiger partial charge in [-0.3, -0.25) is 44.1 Å². The number of carbonyl (C=O) groups excluding carboxylic acids is 5. The van der Waals surface area contributed by atoms with Crippen molar-refractivity contribution in [1.29, 1.82) is 5.26 Å². The van der Waals surface area contributed by atoms with Crippen LogP contribution < -0.4 is 25.2 Å². The van der Waals surface area contributed by atoms with Crippen LogP contribution in [0.3, 0.4) is 0 Å². The highest BCUT2D eigenvalue weighted by atomic mass is 19.1. The number of hydrogen-bond acceptors (Lipinski definition) is 12. The normalized spacial score (nSPS) is 23.2. The van der Waals surface area contributed by atoms with Crippen molar-refractivity contribution >= 4 is 51.8 Å². The molecule has 65 heavy (non-hydrogen) atoms. The van der Waals surface area contributed by atoms with Gasteiger partial charge in [-0.15, -0.1) is 0 Å². The van der Waals surface area contributed by atoms with Gasteiger partial charge in [0.1, 0.15) is 23.7 Å². The number of ether oxygens (including phenoxy) is 1. The fraction of sp³-hybridized carbons (Fsp3) is 0.449. The minimum Gasteiger partial charge on any atom is -0.490 e. The maximum absolute atomic E-state index is 15.7. The molecule has 1 unspecified atom stereocenters. The summed E-state index contributed by atoms with van der Waals surface area (Å²) in [5, 5.41) is 15.6. The van der Waals surface area contributed by atoms with Gasteiger partial charge in [-0.05, 0) is 126 Å². The predicted molar refractivity (Wildman–Crippen MR) is 241 cm³/mol. The van der Waals surface area contributed by atoms with Crippen molar-refractivity contribution in [2.45, 2.75) is 75.6 Å². The third kappa shape index (κ3) is 9.12. The zero-order chi connectivity index (χ0) is 45.4. The molecule has 9 rings (SSSR count). The summed E-state index contributed by atoms with van der Waals surface area (Å²) in [5.74, 6) is -1.62. The van der Waals surface area contributed by atoms with Gasteiger partial charge in [0, 0.05) is 87.2 Å². The van der Waals surface area contributed by atoms with Crippen LogP contribution in [-0.2, 0) is 9.59 Å². The lowest BCUT2D eigenvalue weighted by molar-refractivity contribution is -0.136. The number of piperazine rings is 1. The number of nitriles is 1. The number of fused-ring (bicyclic) bond motifs is 2. The van der Waals surface area contributed by atoms with Gasteiger partial charge in [0.15, 0.2) is 0 Å². The average Bonchev–Trinajstić information content (AvgIpc) is 3.55. The number of benzene rings is 3. The van der Waals surface area contributed by atoms with Gasteiger partial charge >= 0.3 is 0 Å². The van der Waals surface area contributed by atoms with E-state index in [4.69, 9.17) is 4.74 Å². The summed E-state index contributed by atoms with van der Waals surface area (Å²) in [6, 6.07) is 18.7. The first-order chi connectivity index (χ1) is 31.4. The second-order valence-electron chi connectivity index (χ2n) is 18.3. The molecule has 5 amide bonds. The van der Waals surface area contributed by atoms with Gasteiger partial charge in [-0.1, -0.05) is 0 Å². The summed E-state index contributed by atoms with van der Waals surface area (Å²) in [6.07, 6.45) is 6.61. The Morgan fingerprint density at radius 2 is 1.69 bits per heavy atom. The van der Waals surface area contributed by atoms with Crippen LogP contribution >= 0.6 is 0 Å². The molecule has 0 bridgehead atoms. The Kier molecular flexibility index (Phi) is 12.5. The molecule has 0 spiro atoms. The highest BCUT2D eigenvalue weighted by Gasteiger charge is 2.45. The van der Waals surface area contributed by atoms with E-state index in [-0.39, 0.29) is 48.1 Å². The number of imide groups is 2. The maximum atomic E-state index is 15.7. The van der Waals surface area contributed by atoms with Crippen LogP contribution in [0.5, 0.6) is 5.75 Å². The zero-order valence-corrected chi connectivity index (χ0v) is 36.8. The second-order valence-corrected chi connectivity index (χ2v) is 18.3. The lowest BCUT2D eigenvalue weighted by Gasteiger charge is -2.45. The number of hydrogen-bond donors (Lipinski definition) is 2. The monoisotopic (exact) mass is 883 g/mol. The molecule has 3 aromatic carbocycles. The first-order valence-corrected chi connectivity index (χ1v) is 22.7. The van der Waals surface area contributed by atoms with E-state index < -0.39 is 35.5 Å². The van der Waals surface area contributed by atoms with Crippen LogP contribution in [0, 0.1) is 23.1 Å². The van der Waals surface area contributed by atoms with Crippen LogP contribution in [0.15, 0.2) is 66.9 Å². The van der Waals surface area contributed by atoms with Crippen molar-refractivity contribution in [1.82, 2.24) is 30.3 Å². The number of halogens is 1. The van der Waals surface area contributed by atoms with Crippen LogP contribution in [-0.4, -0.2) is 133 Å². The summed E-state index contributed by atoms with van der Waals surface area (Å²) in [6.45, 7) is 5.44. The van der Waals surface area contributed by atoms with Gasteiger partial charge in [0.25, 0.3) is 17.7 Å². The quantitative estimate of drug-likeness (QED) is 0.199. The maximum Gasteiger partial charge on any atom is 0.262 e. The number of anilines is 2. The van der Waals surface area contributed by atoms with E-state index >= 15 is 4.39 Å². The van der Waals surface area contributed by atoms with Crippen molar-refractivity contribution in [3.8, 4) is 11.8 Å². The number of nitrogens with one attached hydrogen (secondary N) is 2. The first kappa shape index (κ1) is 43.8. The highest BCUT2D eigenvalue weighted by molar-refractivity contribution is 6.23. The summed E-state index contributed by atoms with van der Waals surface area (Å²) in [5.41, 5.74) is 3.33. The van der Waals surface area contributed by atoms with E-state index in [1.54, 1.807) is 36.5 Å². The molecular weight excluding hydrogens is 830 g/mol. The lowest BCUT2D eigenvalue weighted by Crippen LogP contribution is -2.58. The van der Waals surface area contributed by atoms with Gasteiger partial charge in [0.05, 0.1) is 34.0 Å². The predicted octanol–water partition coefficient (Wildman–Crippen LogP) is 4.74. The summed E-state index contributed by atoms with van der Waals surface area (Å²) in [7, 11) is 4.12. The SMILES string of the molecule is CN(C)C[C@H]1CN(c2ccc3c(c2)C(=O)N(C2CCC(=O)NC2=O)C3=O)CCN1CC1CCN(c2ccc(C(=O)N[C@H]3CC[C@H](Oc4ccc(C#N)c5ncccc45)CC3)cc2F)CC1. The molecule has 4 fully saturated rings. The molecule has 4 aliphatic heterocycles. The molecule has 4 aromatic rings. The highest BCUT2D eigenvalue weighted by Crippen LogP contribution is 2.34. The van der Waals surface area contributed by atoms with Crippen molar-refractivity contribution < 1.29 is 33.1 Å². The van der Waals surface area contributed by atoms with E-state index in [2.05, 4.69) is 55.4 Å². The summed E-state index contributed by atoms with van der Waals surface area (Å²) >= 11 is 0. The Hall–Kier alpha value is -6.44. The Bertz CT molecular complexity index is 2560. The number of amides is 5. The standard InChI is InChI=1S/C49H54FN9O6/c1-55(2)28-35-29-58(34-9-12-37-39(25-34)49(64)59(48(37)63)42-14-16-44(60)54-47(42)62)23-22-57(35)27-30-17-20-56(21-18-30)41-13-5-31(24-40(41)50)46(61)53-33-7-10-36(11-8-33)65-43-15-6-32(26-51)45-38(43)4-3-19-52-45/h3-6,9,12-13,15,19,24-25,30,33,35-36,42H,7-8,10-11,14,16-18,20-23,27-29H2,1-2H3,(H,53,61)(H,54,60,62)/t33-,35-,36-,42?/m0/s1. The zero-order valence-electron chi connectivity index (χ0n) is 36.8. The fourth-order valence-corrected chi connectivity index (χ4v) is 10.3. The number of rotatable bonds is 11. The number of piperidine rings is 2. The van der Waals surface area contributed by atoms with E-state index in [0.717, 1.165) is 87.2 Å². The molecule has 1 saturated carbocycles. The molecule has 2 N–H and O–H groups in total. The lowest BCUT2D eigenvalue weighted by atomic mass is 9.92. The summed E-state index contributed by atoms with van der Waals surface area (Å²) in [4.78, 5) is 78.8. The topological polar surface area (TPSA) is 172 Å². The van der Waals surface area contributed by atoms with Crippen LogP contribution in [0.2, 0.25) is 0 Å². The van der Waals surface area contributed by atoms with E-state index in [1.807, 2.05) is 24.3 Å². The molecule has 2 atom stereocenters. The van der Waals surface area contributed by atoms with Gasteiger partial charge < -0.3 is 24.8 Å². The van der Waals surface area contributed by atoms with E-state index in [9.17, 15) is 29.2 Å². The molecule has 3 saturated heterocycles. The molecule has 338 valence electrons. The molecule has 5 aliphatic rings. The molecule has 1 aliphatic carbocycles. The molecule has 16 heteroatoms. The summed E-state index contributed by atoms with van der Waals surface area (Å²) < 4.78 is 22.1. The minimum absolute atomic E-state index is 0.0285. The van der Waals surface area contributed by atoms with Crippen LogP contribution in [0.25, 0.3) is 10.9 Å². The van der Waals surface area contributed by atoms with Crippen molar-refractivity contribution in [3.05, 3.63) is 94.9 Å². The van der Waals surface area contributed by atoms with Gasteiger partial charge in [0.2, 0.25) is 11.8 Å². The molecule has 0 radical (unpaired) electrons. The fourth-order valence-electron chi connectivity index (χ4n) is 10.3. The Labute approximate surface area is 377 Å². The first-order valence-electron chi connectivity index (χ1n) is 22.7. The van der Waals surface area contributed by atoms with Crippen molar-refractivity contribution in [2.75, 3.05) is 69.7 Å². The largest absolute Gasteiger partial charge is 0.490 e. The number of pyridine rings is 1. The van der Waals surface area contributed by atoms with Crippen LogP contribution in [0.4, 0.5) is 15.8 Å². The van der Waals surface area contributed by atoms with E-state index in [1.165, 1.54) is 6.07 Å². The number of carbonyl (C=O) groups is 5. The van der Waals surface area contributed by atoms with Gasteiger partial charge in [-0.25, -0.2) is 4.39 Å². The number of likely N-dealkylation sites (N-methyl/N-ethyl adjacent to an activating group) is 1. The number of aromatic nitrogens is 1. The Balaban J connectivity index is 0.753. The van der Waals surface area contributed by atoms with Gasteiger partial charge in [-0.2, -0.15) is 5.26 Å². The molecular formula is C49H54FN9O6. The third-order valence-electron chi connectivity index (χ3n) is 13.8. The molecule has 1 aromatic heterocycles. The van der Waals surface area contributed by atoms with Crippen molar-refractivity contribution in [3.63, 3.8) is 0 Å². The third-order valence-corrected chi connectivity index (χ3v) is 13.8. The minimum atomic E-state index is -1.01. The Morgan fingerprint density at radius 3 is 2.43 bits per heavy atom. The number of nitrogens with zero attached hydrogens (tertiary/aromatic N) is 7. The molecule has 15 nitrogen and oxygen atoms in total. The van der Waals surface area contributed by atoms with E-state index in [0.29, 0.717) is 47.1 Å². The van der Waals surface area contributed by atoms with Crippen molar-refractivity contribution in [2.24, 2.45) is 5.92 Å². The average molecular weight is 884 g/mol. The second kappa shape index (κ2) is 18.6.